The van der Waals surface area contributed by atoms with E-state index in [1.807, 2.05) is 62.7 Å². The zero-order valence-corrected chi connectivity index (χ0v) is 65.0. The molecule has 10 aromatic heterocycles. The molecular weight excluding hydrogens is 1540 g/mol. The van der Waals surface area contributed by atoms with Gasteiger partial charge in [0.15, 0.2) is 34.9 Å². The van der Waals surface area contributed by atoms with Gasteiger partial charge in [-0.05, 0) is 126 Å². The number of imidazole rings is 3. The molecular formula is C85H77F7N24O3. The highest BCUT2D eigenvalue weighted by molar-refractivity contribution is 6.08. The monoisotopic (exact) mass is 1610 g/mol. The number of amides is 3. The van der Waals surface area contributed by atoms with Gasteiger partial charge in [0.2, 0.25) is 17.7 Å². The van der Waals surface area contributed by atoms with Gasteiger partial charge in [-0.25, -0.2) is 85.6 Å². The van der Waals surface area contributed by atoms with Crippen LogP contribution in [-0.4, -0.2) is 109 Å². The second kappa shape index (κ2) is 30.0. The molecule has 3 amide bonds. The van der Waals surface area contributed by atoms with Crippen LogP contribution in [0.15, 0.2) is 150 Å². The Hall–Kier alpha value is -14.0. The summed E-state index contributed by atoms with van der Waals surface area (Å²) in [6, 6.07) is 25.8. The van der Waals surface area contributed by atoms with Crippen molar-refractivity contribution in [3.8, 4) is 34.6 Å². The van der Waals surface area contributed by atoms with Crippen molar-refractivity contribution in [2.45, 2.75) is 134 Å². The van der Waals surface area contributed by atoms with Crippen molar-refractivity contribution >= 4 is 86.9 Å². The van der Waals surface area contributed by atoms with E-state index in [0.717, 1.165) is 47.9 Å². The van der Waals surface area contributed by atoms with Gasteiger partial charge in [-0.3, -0.25) is 28.8 Å². The van der Waals surface area contributed by atoms with E-state index in [1.54, 1.807) is 79.8 Å². The predicted molar refractivity (Wildman–Crippen MR) is 433 cm³/mol. The van der Waals surface area contributed by atoms with E-state index >= 15 is 0 Å². The minimum atomic E-state index is -1.00. The molecule has 2 aliphatic carbocycles. The minimum absolute atomic E-state index is 0.0658. The molecule has 3 aromatic carbocycles. The summed E-state index contributed by atoms with van der Waals surface area (Å²) in [5.41, 5.74) is 29.3. The minimum Gasteiger partial charge on any atom is -0.383 e. The molecule has 5 aliphatic heterocycles. The van der Waals surface area contributed by atoms with Gasteiger partial charge in [-0.15, -0.1) is 0 Å². The molecule has 2 unspecified atom stereocenters. The number of rotatable bonds is 13. The average Bonchev–Trinajstić information content (AvgIpc) is 1.60. The number of nitrogens with two attached hydrogens (primary N) is 4. The number of hydrogen-bond acceptors (Lipinski definition) is 21. The van der Waals surface area contributed by atoms with E-state index in [-0.39, 0.29) is 100 Å². The number of carbonyl (C=O) groups excluding carboxylic acids is 3. The highest BCUT2D eigenvalue weighted by Gasteiger charge is 2.46. The zero-order chi connectivity index (χ0) is 83.4. The Morgan fingerprint density at radius 2 is 0.983 bits per heavy atom. The van der Waals surface area contributed by atoms with Crippen LogP contribution in [0.4, 0.5) is 71.5 Å². The van der Waals surface area contributed by atoms with Crippen LogP contribution < -0.4 is 38.9 Å². The molecule has 7 aliphatic rings. The molecule has 27 nitrogen and oxygen atoms in total. The van der Waals surface area contributed by atoms with Crippen molar-refractivity contribution in [3.63, 3.8) is 0 Å². The normalized spacial score (nSPS) is 17.5. The lowest BCUT2D eigenvalue weighted by Crippen LogP contribution is -2.32. The molecule has 0 saturated heterocycles. The fourth-order valence-corrected chi connectivity index (χ4v) is 16.1. The topological polar surface area (TPSA) is 374 Å². The first-order chi connectivity index (χ1) is 57.0. The Labute approximate surface area is 674 Å². The summed E-state index contributed by atoms with van der Waals surface area (Å²) in [7, 11) is 0. The molecule has 0 radical (unpaired) electrons. The average molecular weight is 1620 g/mol. The fourth-order valence-electron chi connectivity index (χ4n) is 16.1. The Balaban J connectivity index is 0.000000114. The quantitative estimate of drug-likeness (QED) is 0.0527. The molecule has 34 heteroatoms. The van der Waals surface area contributed by atoms with Crippen LogP contribution in [-0.2, 0) is 56.4 Å². The highest BCUT2D eigenvalue weighted by atomic mass is 19.2. The van der Waals surface area contributed by atoms with E-state index in [0.29, 0.717) is 116 Å². The van der Waals surface area contributed by atoms with Crippen LogP contribution >= 0.6 is 0 Å². The van der Waals surface area contributed by atoms with Crippen LogP contribution in [0.25, 0.3) is 51.1 Å². The molecule has 11 N–H and O–H groups in total. The summed E-state index contributed by atoms with van der Waals surface area (Å²) in [6.45, 7) is 10.9. The van der Waals surface area contributed by atoms with Gasteiger partial charge in [-0.2, -0.15) is 5.10 Å². The van der Waals surface area contributed by atoms with Crippen LogP contribution in [0.2, 0.25) is 0 Å². The number of nitrogens with one attached hydrogen (secondary N) is 3. The number of nitrogens with zero attached hydrogens (tertiary/aromatic N) is 17. The second-order valence-corrected chi connectivity index (χ2v) is 31.7. The van der Waals surface area contributed by atoms with Crippen LogP contribution in [0.3, 0.4) is 0 Å². The summed E-state index contributed by atoms with van der Waals surface area (Å²) < 4.78 is 103. The van der Waals surface area contributed by atoms with Crippen molar-refractivity contribution in [3.05, 3.63) is 243 Å². The molecule has 0 spiro atoms. The molecule has 0 bridgehead atoms. The Bertz CT molecular complexity index is 6440. The summed E-state index contributed by atoms with van der Waals surface area (Å²) in [5.74, 6) is -0.243. The largest absolute Gasteiger partial charge is 0.383 e. The van der Waals surface area contributed by atoms with Crippen LogP contribution in [0.1, 0.15) is 148 Å². The van der Waals surface area contributed by atoms with Crippen LogP contribution in [0.5, 0.6) is 0 Å². The number of pyridine rings is 3. The van der Waals surface area contributed by atoms with Gasteiger partial charge in [0, 0.05) is 79.1 Å². The number of nitrogen functional groups attached to an aromatic ring is 4. The lowest BCUT2D eigenvalue weighted by molar-refractivity contribution is -0.120. The Morgan fingerprint density at radius 3 is 1.53 bits per heavy atom. The first kappa shape index (κ1) is 77.6. The third kappa shape index (κ3) is 14.2. The van der Waals surface area contributed by atoms with Crippen molar-refractivity contribution in [1.29, 1.82) is 0 Å². The first-order valence-electron chi connectivity index (χ1n) is 38.5. The van der Waals surface area contributed by atoms with E-state index in [4.69, 9.17) is 33.0 Å². The summed E-state index contributed by atoms with van der Waals surface area (Å²) in [5, 5.41) is 14.8. The Kier molecular flexibility index (Phi) is 19.5. The number of benzene rings is 3. The molecule has 20 rings (SSSR count). The third-order valence-electron chi connectivity index (χ3n) is 22.6. The number of aromatic nitrogens is 14. The number of anilines is 7. The lowest BCUT2D eigenvalue weighted by atomic mass is 9.87. The third-order valence-corrected chi connectivity index (χ3v) is 22.6. The van der Waals surface area contributed by atoms with E-state index in [9.17, 15) is 45.1 Å². The molecule has 119 heavy (non-hydrogen) atoms. The molecule has 2 saturated carbocycles. The van der Waals surface area contributed by atoms with E-state index in [1.165, 1.54) is 66.6 Å². The van der Waals surface area contributed by atoms with Gasteiger partial charge in [0.1, 0.15) is 116 Å². The number of halogens is 7. The standard InChI is InChI=1S/2C22H17F3N6O.C21H24N6O.C20H19FN6/c1-22(2)15-18(26)28-20(29-19(15)30-21(22)32)17-13-7-6-11(23)9-31(13)14(27-17)8-10-4-3-5-12(24)16(10)25;1-22(2)16-18(26)28-20(29-19(16)30-21(22)32)17-14-5-3-4-6-31(14)15(27-17)9-11-12(24)7-10(23)8-13(11)25;1-21(2)15-17(22)24-19(25-18(15)26-20(21)28)16-13-9-5-6-10-27(13)14(23-16)11-12-7-3-4-8-12;21-16-6-2-1-4-13(16)11-27-20-14(5-3-9-23-20)17(26-27)19-24-10-15(12-7-8-12)18(22)25-19/h3-7,9H,8H2,1-2H3,(H3,26,28,29,30,32);3-8H,9H2,1-2H3,(H3,26,28,29,30,32);5-6,9-10,12H,3-4,7-8,11H2,1-2H3,(H3,22,24,25,26,28);1-6,9-10,12,14,20H,7-8,11H2,(H2,22,24,25). The number of hydrazone groups is 1. The summed E-state index contributed by atoms with van der Waals surface area (Å²) >= 11 is 0. The lowest BCUT2D eigenvalue weighted by Gasteiger charge is -2.24. The first-order valence-corrected chi connectivity index (χ1v) is 38.5. The smallest absolute Gasteiger partial charge is 0.235 e. The predicted octanol–water partition coefficient (Wildman–Crippen LogP) is 13.4. The zero-order valence-electron chi connectivity index (χ0n) is 65.0. The number of carbonyl (C=O) groups is 3. The van der Waals surface area contributed by atoms with Gasteiger partial charge in [0.25, 0.3) is 0 Å². The summed E-state index contributed by atoms with van der Waals surface area (Å²) in [6.07, 6.45) is 20.2. The number of allylic oxidation sites excluding steroid dienone is 1. The van der Waals surface area contributed by atoms with Crippen molar-refractivity contribution in [1.82, 2.24) is 73.0 Å². The molecule has 13 aromatic rings. The van der Waals surface area contributed by atoms with Crippen molar-refractivity contribution in [2.24, 2.45) is 21.9 Å². The maximum Gasteiger partial charge on any atom is 0.235 e. The summed E-state index contributed by atoms with van der Waals surface area (Å²) in [4.78, 5) is 91.2. The van der Waals surface area contributed by atoms with Gasteiger partial charge in [0.05, 0.1) is 61.9 Å². The maximum absolute atomic E-state index is 14.2. The number of fused-ring (bicyclic) bond motifs is 7. The van der Waals surface area contributed by atoms with E-state index < -0.39 is 51.1 Å². The SMILES string of the molecule is CC1(C)C(=O)Nc2nc(-c3nc(CC4CCCC4)n4ccccc34)nc(N)c21.CC1(C)C(=O)Nc2nc(-c3nc(Cc4c(F)cc(F)cc4F)n4ccccc34)nc(N)c21.CC1(C)C(=O)Nc2nc(-c3nc(Cc4cccc(F)c4F)n4cc(F)ccc34)nc(N)c21.Nc1nc(C2=NN(Cc3ccccc3F)C3N=CC=CC23)ncc1C1CC1. The van der Waals surface area contributed by atoms with Crippen molar-refractivity contribution < 1.29 is 45.1 Å². The second-order valence-electron chi connectivity index (χ2n) is 31.7. The van der Waals surface area contributed by atoms with Gasteiger partial charge >= 0.3 is 0 Å². The molecule has 2 atom stereocenters. The molecule has 2 fully saturated rings. The maximum atomic E-state index is 14.2. The van der Waals surface area contributed by atoms with Gasteiger partial charge in [-0.1, -0.05) is 74.2 Å². The number of dihydropyridines is 1. The van der Waals surface area contributed by atoms with Crippen molar-refractivity contribution in [2.75, 3.05) is 38.9 Å². The molecule has 15 heterocycles. The van der Waals surface area contributed by atoms with Gasteiger partial charge < -0.3 is 47.7 Å². The van der Waals surface area contributed by atoms with E-state index in [2.05, 4.69) is 75.2 Å². The number of aliphatic imine (C=N–C) groups is 1. The Morgan fingerprint density at radius 1 is 0.487 bits per heavy atom. The number of hydrogen-bond donors (Lipinski definition) is 7. The van der Waals surface area contributed by atoms with Crippen LogP contribution in [0, 0.1) is 52.6 Å². The molecule has 604 valence electrons. The fraction of sp³-hybridized carbons (Fsp3) is 0.271. The highest BCUT2D eigenvalue weighted by Crippen LogP contribution is 2.46.